The van der Waals surface area contributed by atoms with Crippen molar-refractivity contribution in [3.8, 4) is 5.75 Å². The maximum Gasteiger partial charge on any atom is 0.260 e. The summed E-state index contributed by atoms with van der Waals surface area (Å²) in [5, 5.41) is 14.9. The highest BCUT2D eigenvalue weighted by Gasteiger charge is 2.70. The summed E-state index contributed by atoms with van der Waals surface area (Å²) in [6, 6.07) is 30.4. The first kappa shape index (κ1) is 33.7. The van der Waals surface area contributed by atoms with E-state index in [0.717, 1.165) is 19.5 Å². The van der Waals surface area contributed by atoms with Gasteiger partial charge < -0.3 is 5.11 Å². The Bertz CT molecular complexity index is 2400. The van der Waals surface area contributed by atoms with E-state index < -0.39 is 52.6 Å². The number of carbonyl (C=O) groups excluding carboxylic acids is 4. The number of halogens is 3. The van der Waals surface area contributed by atoms with Crippen molar-refractivity contribution in [2.45, 2.75) is 24.2 Å². The second-order valence-electron chi connectivity index (χ2n) is 14.1. The van der Waals surface area contributed by atoms with Crippen LogP contribution in [0.5, 0.6) is 5.75 Å². The molecule has 2 N–H and O–H groups in total. The molecule has 4 aliphatic rings. The standard InChI is InChI=1S/C42H30ClFIN3O5/c43-24-8-6-23(7-9-24)42-34(39(51)48(41(42)53)46-27-14-10-25(44)11-15-27)21-33-30(36(42)32-18-5-22-3-1-2-4-29(22)37(32)49)19-20-31-35(33)40(52)47(38(31)50)28-16-12-26(45)13-17-28/h1-19,31,33-36,46,49H,20-21H2. The van der Waals surface area contributed by atoms with E-state index in [1.807, 2.05) is 42.5 Å². The smallest absolute Gasteiger partial charge is 0.260 e. The van der Waals surface area contributed by atoms with E-state index in [0.29, 0.717) is 32.9 Å². The zero-order valence-corrected chi connectivity index (χ0v) is 30.8. The number of aromatic hydroxyl groups is 1. The van der Waals surface area contributed by atoms with E-state index in [4.69, 9.17) is 11.6 Å². The van der Waals surface area contributed by atoms with Crippen LogP contribution in [0.4, 0.5) is 15.8 Å². The van der Waals surface area contributed by atoms with Gasteiger partial charge in [-0.2, -0.15) is 5.01 Å². The van der Waals surface area contributed by atoms with Crippen LogP contribution in [0.15, 0.2) is 121 Å². The lowest BCUT2D eigenvalue weighted by Gasteiger charge is -2.50. The molecule has 5 aromatic carbocycles. The molecule has 0 spiro atoms. The molecule has 6 unspecified atom stereocenters. The number of hydrazine groups is 1. The predicted octanol–water partition coefficient (Wildman–Crippen LogP) is 8.13. The number of hydrogen-bond donors (Lipinski definition) is 2. The van der Waals surface area contributed by atoms with Crippen LogP contribution in [0.2, 0.25) is 5.02 Å². The van der Waals surface area contributed by atoms with Crippen LogP contribution in [-0.2, 0) is 24.6 Å². The number of carbonyl (C=O) groups is 4. The van der Waals surface area contributed by atoms with E-state index >= 15 is 4.79 Å². The summed E-state index contributed by atoms with van der Waals surface area (Å²) < 4.78 is 14.9. The van der Waals surface area contributed by atoms with Crippen LogP contribution in [0.1, 0.15) is 29.9 Å². The van der Waals surface area contributed by atoms with E-state index in [-0.39, 0.29) is 30.4 Å². The summed E-state index contributed by atoms with van der Waals surface area (Å²) in [4.78, 5) is 60.1. The molecule has 8 nitrogen and oxygen atoms in total. The van der Waals surface area contributed by atoms with Gasteiger partial charge >= 0.3 is 0 Å². The van der Waals surface area contributed by atoms with Gasteiger partial charge in [-0.25, -0.2) is 4.39 Å². The number of rotatable bonds is 5. The number of imide groups is 2. The molecule has 9 rings (SSSR count). The molecule has 264 valence electrons. The normalized spacial score (nSPS) is 26.4. The van der Waals surface area contributed by atoms with Crippen LogP contribution in [0.25, 0.3) is 10.8 Å². The van der Waals surface area contributed by atoms with Gasteiger partial charge in [-0.05, 0) is 113 Å². The quantitative estimate of drug-likeness (QED) is 0.105. The highest BCUT2D eigenvalue weighted by atomic mass is 127. The SMILES string of the molecule is O=C1C2CC3C(=CCC4C(=O)N(c5ccc(I)cc5)C(=O)C43)C(c3ccc4ccccc4c3O)C2(c2ccc(Cl)cc2)C(=O)N1Nc1ccc(F)cc1. The lowest BCUT2D eigenvalue weighted by Crippen LogP contribution is -2.53. The van der Waals surface area contributed by atoms with Crippen LogP contribution >= 0.6 is 34.2 Å². The van der Waals surface area contributed by atoms with Gasteiger partial charge in [0.05, 0.1) is 34.5 Å². The molecule has 0 bridgehead atoms. The summed E-state index contributed by atoms with van der Waals surface area (Å²) >= 11 is 8.56. The number of phenolic OH excluding ortho intramolecular Hbond substituents is 1. The Kier molecular flexibility index (Phi) is 7.97. The molecule has 0 radical (unpaired) electrons. The molecule has 2 heterocycles. The Morgan fingerprint density at radius 2 is 1.53 bits per heavy atom. The van der Waals surface area contributed by atoms with Crippen LogP contribution in [-0.4, -0.2) is 33.7 Å². The van der Waals surface area contributed by atoms with Crippen molar-refractivity contribution in [3.05, 3.63) is 146 Å². The number of hydrogen-bond acceptors (Lipinski definition) is 6. The molecular weight excluding hydrogens is 808 g/mol. The highest BCUT2D eigenvalue weighted by molar-refractivity contribution is 14.1. The van der Waals surface area contributed by atoms with Crippen molar-refractivity contribution in [3.63, 3.8) is 0 Å². The molecule has 11 heteroatoms. The van der Waals surface area contributed by atoms with Gasteiger partial charge in [-0.15, -0.1) is 0 Å². The Morgan fingerprint density at radius 3 is 2.26 bits per heavy atom. The van der Waals surface area contributed by atoms with Crippen molar-refractivity contribution in [1.29, 1.82) is 0 Å². The first-order valence-corrected chi connectivity index (χ1v) is 18.8. The summed E-state index contributed by atoms with van der Waals surface area (Å²) in [7, 11) is 0. The summed E-state index contributed by atoms with van der Waals surface area (Å²) in [5.74, 6) is -6.29. The summed E-state index contributed by atoms with van der Waals surface area (Å²) in [6.07, 6.45) is 2.29. The van der Waals surface area contributed by atoms with Crippen molar-refractivity contribution in [2.75, 3.05) is 10.3 Å². The van der Waals surface area contributed by atoms with Crippen molar-refractivity contribution < 1.29 is 28.7 Å². The van der Waals surface area contributed by atoms with E-state index in [2.05, 4.69) is 28.0 Å². The minimum atomic E-state index is -1.61. The summed E-state index contributed by atoms with van der Waals surface area (Å²) in [5.41, 5.74) is 3.81. The molecule has 5 aromatic rings. The monoisotopic (exact) mass is 837 g/mol. The van der Waals surface area contributed by atoms with Crippen molar-refractivity contribution >= 4 is 80.0 Å². The zero-order valence-electron chi connectivity index (χ0n) is 27.9. The van der Waals surface area contributed by atoms with Gasteiger partial charge in [0.1, 0.15) is 11.6 Å². The topological polar surface area (TPSA) is 107 Å². The largest absolute Gasteiger partial charge is 0.507 e. The Balaban J connectivity index is 1.27. The molecule has 53 heavy (non-hydrogen) atoms. The average molecular weight is 838 g/mol. The fraction of sp³-hybridized carbons (Fsp3) is 0.190. The van der Waals surface area contributed by atoms with E-state index in [1.54, 1.807) is 48.5 Å². The third-order valence-electron chi connectivity index (χ3n) is 11.6. The molecule has 2 aliphatic carbocycles. The fourth-order valence-corrected chi connectivity index (χ4v) is 9.83. The fourth-order valence-electron chi connectivity index (χ4n) is 9.35. The van der Waals surface area contributed by atoms with E-state index in [1.165, 1.54) is 29.2 Å². The number of benzene rings is 5. The lowest BCUT2D eigenvalue weighted by molar-refractivity contribution is -0.138. The van der Waals surface area contributed by atoms with Gasteiger partial charge in [0.2, 0.25) is 11.8 Å². The van der Waals surface area contributed by atoms with E-state index in [9.17, 15) is 23.9 Å². The molecule has 6 atom stereocenters. The molecule has 1 saturated carbocycles. The molecule has 2 saturated heterocycles. The minimum absolute atomic E-state index is 0.0385. The van der Waals surface area contributed by atoms with Gasteiger partial charge in [0, 0.05) is 25.5 Å². The Hall–Kier alpha value is -5.07. The number of allylic oxidation sites excluding steroid dienone is 2. The predicted molar refractivity (Wildman–Crippen MR) is 206 cm³/mol. The number of amides is 4. The van der Waals surface area contributed by atoms with Gasteiger partial charge in [-0.1, -0.05) is 71.8 Å². The average Bonchev–Trinajstić information content (AvgIpc) is 3.54. The number of fused-ring (bicyclic) bond motifs is 5. The first-order valence-electron chi connectivity index (χ1n) is 17.3. The minimum Gasteiger partial charge on any atom is -0.507 e. The van der Waals surface area contributed by atoms with Gasteiger partial charge in [-0.3, -0.25) is 29.5 Å². The third-order valence-corrected chi connectivity index (χ3v) is 12.6. The number of nitrogens with one attached hydrogen (secondary N) is 1. The van der Waals surface area contributed by atoms with Crippen LogP contribution in [0, 0.1) is 33.1 Å². The number of nitrogens with zero attached hydrogens (tertiary/aromatic N) is 2. The Morgan fingerprint density at radius 1 is 0.811 bits per heavy atom. The molecule has 3 fully saturated rings. The molecule has 4 amide bonds. The second-order valence-corrected chi connectivity index (χ2v) is 15.8. The molecular formula is C42H30ClFIN3O5. The number of phenols is 1. The zero-order chi connectivity index (χ0) is 36.8. The first-order chi connectivity index (χ1) is 25.6. The van der Waals surface area contributed by atoms with Gasteiger partial charge in [0.15, 0.2) is 0 Å². The van der Waals surface area contributed by atoms with Gasteiger partial charge in [0.25, 0.3) is 11.8 Å². The summed E-state index contributed by atoms with van der Waals surface area (Å²) in [6.45, 7) is 0. The number of anilines is 2. The highest BCUT2D eigenvalue weighted by Crippen LogP contribution is 2.65. The van der Waals surface area contributed by atoms with Crippen LogP contribution in [0.3, 0.4) is 0 Å². The Labute approximate surface area is 322 Å². The second kappa shape index (κ2) is 12.5. The molecule has 2 aliphatic heterocycles. The maximum atomic E-state index is 15.4. The lowest BCUT2D eigenvalue weighted by atomic mass is 9.49. The van der Waals surface area contributed by atoms with Crippen molar-refractivity contribution in [2.24, 2.45) is 23.7 Å². The van der Waals surface area contributed by atoms with Crippen LogP contribution < -0.4 is 10.3 Å². The van der Waals surface area contributed by atoms with Crippen molar-refractivity contribution in [1.82, 2.24) is 5.01 Å². The molecule has 0 aromatic heterocycles. The maximum absolute atomic E-state index is 15.4. The third kappa shape index (κ3) is 4.98.